The van der Waals surface area contributed by atoms with Gasteiger partial charge in [-0.25, -0.2) is 0 Å². The minimum Gasteiger partial charge on any atom is -0.294 e. The summed E-state index contributed by atoms with van der Waals surface area (Å²) >= 11 is 5.84. The molecular formula is C23H29ClO. The van der Waals surface area contributed by atoms with E-state index in [0.717, 1.165) is 18.4 Å². The van der Waals surface area contributed by atoms with Gasteiger partial charge < -0.3 is 0 Å². The molecule has 2 heteroatoms. The minimum atomic E-state index is 0.234. The zero-order chi connectivity index (χ0) is 17.7. The second kappa shape index (κ2) is 11.9. The van der Waals surface area contributed by atoms with Gasteiger partial charge in [-0.1, -0.05) is 80.5 Å². The first kappa shape index (κ1) is 19.7. The molecule has 0 aliphatic heterocycles. The molecule has 0 saturated carbocycles. The molecule has 0 aliphatic rings. The van der Waals surface area contributed by atoms with Crippen LogP contribution in [0.4, 0.5) is 0 Å². The van der Waals surface area contributed by atoms with E-state index in [0.29, 0.717) is 11.4 Å². The van der Waals surface area contributed by atoms with Gasteiger partial charge in [0.1, 0.15) is 0 Å². The molecule has 0 unspecified atom stereocenters. The van der Waals surface area contributed by atoms with E-state index in [9.17, 15) is 4.79 Å². The molecule has 2 aromatic rings. The van der Waals surface area contributed by atoms with Crippen LogP contribution >= 0.6 is 11.6 Å². The molecule has 2 rings (SSSR count). The number of Topliss-reactive ketones (excluding diaryl/α,β-unsaturated/α-hetero) is 1. The van der Waals surface area contributed by atoms with Crippen molar-refractivity contribution in [3.8, 4) is 0 Å². The molecule has 2 aromatic carbocycles. The number of carbonyl (C=O) groups excluding carboxylic acids is 1. The zero-order valence-corrected chi connectivity index (χ0v) is 15.8. The van der Waals surface area contributed by atoms with Crippen LogP contribution in [0.2, 0.25) is 5.02 Å². The molecule has 0 fully saturated rings. The third-order valence-corrected chi connectivity index (χ3v) is 4.88. The van der Waals surface area contributed by atoms with E-state index in [1.165, 1.54) is 50.5 Å². The quantitative estimate of drug-likeness (QED) is 0.288. The normalized spacial score (nSPS) is 10.8. The molecule has 0 amide bonds. The Morgan fingerprint density at radius 1 is 0.680 bits per heavy atom. The van der Waals surface area contributed by atoms with Gasteiger partial charge in [0.05, 0.1) is 0 Å². The highest BCUT2D eigenvalue weighted by Gasteiger charge is 2.05. The predicted molar refractivity (Wildman–Crippen MR) is 107 cm³/mol. The monoisotopic (exact) mass is 356 g/mol. The Balaban J connectivity index is 1.42. The van der Waals surface area contributed by atoms with Crippen LogP contribution in [0.15, 0.2) is 54.6 Å². The van der Waals surface area contributed by atoms with Crippen LogP contribution in [0, 0.1) is 0 Å². The van der Waals surface area contributed by atoms with Crippen molar-refractivity contribution in [3.63, 3.8) is 0 Å². The molecule has 0 heterocycles. The lowest BCUT2D eigenvalue weighted by molar-refractivity contribution is 0.0979. The smallest absolute Gasteiger partial charge is 0.162 e. The first-order valence-electron chi connectivity index (χ1n) is 9.58. The molecule has 0 saturated heterocycles. The van der Waals surface area contributed by atoms with Crippen molar-refractivity contribution in [1.82, 2.24) is 0 Å². The average molecular weight is 357 g/mol. The largest absolute Gasteiger partial charge is 0.294 e. The molecule has 25 heavy (non-hydrogen) atoms. The van der Waals surface area contributed by atoms with Crippen molar-refractivity contribution in [2.75, 3.05) is 0 Å². The summed E-state index contributed by atoms with van der Waals surface area (Å²) in [5, 5.41) is 0.681. The lowest BCUT2D eigenvalue weighted by Gasteiger charge is -2.04. The first-order chi connectivity index (χ1) is 12.3. The van der Waals surface area contributed by atoms with E-state index < -0.39 is 0 Å². The maximum Gasteiger partial charge on any atom is 0.162 e. The highest BCUT2D eigenvalue weighted by atomic mass is 35.5. The summed E-state index contributed by atoms with van der Waals surface area (Å²) in [5.74, 6) is 0.234. The number of ketones is 1. The number of hydrogen-bond donors (Lipinski definition) is 0. The summed E-state index contributed by atoms with van der Waals surface area (Å²) < 4.78 is 0. The third kappa shape index (κ3) is 8.36. The topological polar surface area (TPSA) is 17.1 Å². The average Bonchev–Trinajstić information content (AvgIpc) is 2.64. The van der Waals surface area contributed by atoms with Gasteiger partial charge in [-0.3, -0.25) is 4.79 Å². The Bertz CT molecular complexity index is 604. The maximum absolute atomic E-state index is 12.0. The molecule has 134 valence electrons. The molecule has 0 aliphatic carbocycles. The number of benzene rings is 2. The van der Waals surface area contributed by atoms with Gasteiger partial charge in [-0.05, 0) is 49.1 Å². The summed E-state index contributed by atoms with van der Waals surface area (Å²) in [6.07, 6.45) is 11.8. The van der Waals surface area contributed by atoms with E-state index in [2.05, 4.69) is 30.3 Å². The van der Waals surface area contributed by atoms with Gasteiger partial charge in [0, 0.05) is 17.0 Å². The van der Waals surface area contributed by atoms with Crippen molar-refractivity contribution in [3.05, 3.63) is 70.7 Å². The Hall–Kier alpha value is -1.60. The van der Waals surface area contributed by atoms with Crippen molar-refractivity contribution in [2.45, 2.75) is 64.2 Å². The van der Waals surface area contributed by atoms with Gasteiger partial charge in [-0.2, -0.15) is 0 Å². The molecule has 0 spiro atoms. The standard InChI is InChI=1S/C23H29ClO/c24-22-18-16-21(17-19-22)23(25)15-11-6-4-2-1-3-5-8-12-20-13-9-7-10-14-20/h7,9-10,13-14,16-19H,1-6,8,11-12,15H2. The van der Waals surface area contributed by atoms with E-state index in [-0.39, 0.29) is 5.78 Å². The van der Waals surface area contributed by atoms with Gasteiger partial charge in [0.2, 0.25) is 0 Å². The number of hydrogen-bond acceptors (Lipinski definition) is 1. The lowest BCUT2D eigenvalue weighted by Crippen LogP contribution is -1.98. The predicted octanol–water partition coefficient (Wildman–Crippen LogP) is 7.28. The second-order valence-electron chi connectivity index (χ2n) is 6.74. The number of carbonyl (C=O) groups is 1. The fraction of sp³-hybridized carbons (Fsp3) is 0.435. The number of aryl methyl sites for hydroxylation is 1. The van der Waals surface area contributed by atoms with E-state index >= 15 is 0 Å². The van der Waals surface area contributed by atoms with Crippen molar-refractivity contribution in [1.29, 1.82) is 0 Å². The molecule has 0 N–H and O–H groups in total. The van der Waals surface area contributed by atoms with Crippen LogP contribution in [-0.2, 0) is 6.42 Å². The highest BCUT2D eigenvalue weighted by Crippen LogP contribution is 2.15. The van der Waals surface area contributed by atoms with E-state index in [1.807, 2.05) is 12.1 Å². The minimum absolute atomic E-state index is 0.234. The summed E-state index contributed by atoms with van der Waals surface area (Å²) in [4.78, 5) is 12.0. The molecule has 0 bridgehead atoms. The van der Waals surface area contributed by atoms with Crippen LogP contribution in [0.3, 0.4) is 0 Å². The maximum atomic E-state index is 12.0. The summed E-state index contributed by atoms with van der Waals surface area (Å²) in [6.45, 7) is 0. The van der Waals surface area contributed by atoms with E-state index in [4.69, 9.17) is 11.6 Å². The van der Waals surface area contributed by atoms with Gasteiger partial charge in [0.25, 0.3) is 0 Å². The third-order valence-electron chi connectivity index (χ3n) is 4.63. The van der Waals surface area contributed by atoms with Gasteiger partial charge >= 0.3 is 0 Å². The molecule has 0 radical (unpaired) electrons. The number of rotatable bonds is 12. The van der Waals surface area contributed by atoms with Crippen molar-refractivity contribution in [2.24, 2.45) is 0 Å². The fourth-order valence-electron chi connectivity index (χ4n) is 3.10. The van der Waals surface area contributed by atoms with Crippen LogP contribution in [-0.4, -0.2) is 5.78 Å². The van der Waals surface area contributed by atoms with Crippen LogP contribution in [0.5, 0.6) is 0 Å². The highest BCUT2D eigenvalue weighted by molar-refractivity contribution is 6.30. The Kier molecular flexibility index (Phi) is 9.36. The molecule has 0 aromatic heterocycles. The fourth-order valence-corrected chi connectivity index (χ4v) is 3.23. The van der Waals surface area contributed by atoms with Crippen molar-refractivity contribution >= 4 is 17.4 Å². The van der Waals surface area contributed by atoms with Crippen molar-refractivity contribution < 1.29 is 4.79 Å². The number of halogens is 1. The van der Waals surface area contributed by atoms with E-state index in [1.54, 1.807) is 12.1 Å². The summed E-state index contributed by atoms with van der Waals surface area (Å²) in [7, 11) is 0. The second-order valence-corrected chi connectivity index (χ2v) is 7.18. The Labute approximate surface area is 157 Å². The number of unbranched alkanes of at least 4 members (excludes halogenated alkanes) is 7. The van der Waals surface area contributed by atoms with Gasteiger partial charge in [0.15, 0.2) is 5.78 Å². The molecule has 0 atom stereocenters. The Morgan fingerprint density at radius 2 is 1.24 bits per heavy atom. The molecular weight excluding hydrogens is 328 g/mol. The first-order valence-corrected chi connectivity index (χ1v) is 9.96. The summed E-state index contributed by atoms with van der Waals surface area (Å²) in [5.41, 5.74) is 2.23. The summed E-state index contributed by atoms with van der Waals surface area (Å²) in [6, 6.07) is 17.9. The Morgan fingerprint density at radius 3 is 1.88 bits per heavy atom. The zero-order valence-electron chi connectivity index (χ0n) is 15.1. The molecule has 1 nitrogen and oxygen atoms in total. The van der Waals surface area contributed by atoms with Crippen LogP contribution in [0.25, 0.3) is 0 Å². The SMILES string of the molecule is O=C(CCCCCCCCCCc1ccccc1)c1ccc(Cl)cc1. The van der Waals surface area contributed by atoms with Crippen LogP contribution < -0.4 is 0 Å². The lowest BCUT2D eigenvalue weighted by atomic mass is 10.0. The van der Waals surface area contributed by atoms with Gasteiger partial charge in [-0.15, -0.1) is 0 Å². The van der Waals surface area contributed by atoms with Crippen LogP contribution in [0.1, 0.15) is 73.7 Å².